The van der Waals surface area contributed by atoms with Crippen LogP contribution in [0, 0.1) is 13.0 Å². The molecule has 0 saturated carbocycles. The quantitative estimate of drug-likeness (QED) is 0.280. The Hall–Kier alpha value is -2.29. The summed E-state index contributed by atoms with van der Waals surface area (Å²) in [7, 11) is 0. The number of hydrogen-bond acceptors (Lipinski definition) is 3. The summed E-state index contributed by atoms with van der Waals surface area (Å²) in [5.41, 5.74) is 5.05. The first kappa shape index (κ1) is 22.0. The van der Waals surface area contributed by atoms with Gasteiger partial charge in [-0.1, -0.05) is 54.4 Å². The average Bonchev–Trinajstić information content (AvgIpc) is 2.72. The van der Waals surface area contributed by atoms with Crippen molar-refractivity contribution in [2.45, 2.75) is 6.92 Å². The normalized spacial score (nSPS) is 9.64. The molecule has 5 heteroatoms. The van der Waals surface area contributed by atoms with Crippen LogP contribution in [0.1, 0.15) is 5.56 Å². The molecule has 1 N–H and O–H groups in total. The Morgan fingerprint density at radius 2 is 1.29 bits per heavy atom. The van der Waals surface area contributed by atoms with Gasteiger partial charge in [0.1, 0.15) is 5.75 Å². The average molecular weight is 613 g/mol. The molecule has 2 aromatic heterocycles. The maximum absolute atomic E-state index is 8.87. The van der Waals surface area contributed by atoms with E-state index in [0.29, 0.717) is 0 Å². The molecule has 4 rings (SSSR count). The van der Waals surface area contributed by atoms with Crippen molar-refractivity contribution >= 4 is 15.9 Å². The minimum atomic E-state index is 0. The molecule has 3 nitrogen and oxygen atoms in total. The monoisotopic (exact) mass is 612 g/mol. The molecular formula is C23H18BrN2OPt-. The second-order valence-electron chi connectivity index (χ2n) is 5.87. The maximum atomic E-state index is 8.87. The van der Waals surface area contributed by atoms with E-state index in [1.807, 2.05) is 42.5 Å². The van der Waals surface area contributed by atoms with Gasteiger partial charge in [0.2, 0.25) is 0 Å². The first-order valence-electron chi connectivity index (χ1n) is 8.44. The van der Waals surface area contributed by atoms with E-state index in [2.05, 4.69) is 51.0 Å². The van der Waals surface area contributed by atoms with Crippen molar-refractivity contribution in [2.75, 3.05) is 0 Å². The molecule has 4 aromatic rings. The van der Waals surface area contributed by atoms with Crippen molar-refractivity contribution in [3.05, 3.63) is 101 Å². The summed E-state index contributed by atoms with van der Waals surface area (Å²) in [6.07, 6.45) is 3.60. The first-order valence-corrected chi connectivity index (χ1v) is 9.23. The summed E-state index contributed by atoms with van der Waals surface area (Å²) < 4.78 is 0.736. The zero-order chi connectivity index (χ0) is 19.1. The molecule has 0 radical (unpaired) electrons. The number of aromatic nitrogens is 2. The van der Waals surface area contributed by atoms with Crippen molar-refractivity contribution in [1.29, 1.82) is 0 Å². The standard InChI is InChI=1S/C17H13N2.C6H5BrO.Pt/c1-13-10-14(16-6-2-4-8-18-16)12-15(11-13)17-7-3-5-9-19-17;7-5-3-1-2-4-6(5)8;/h2-11H,1H3;1-4,8H;/q-1;;. The predicted octanol–water partition coefficient (Wildman–Crippen LogP) is 6.07. The predicted molar refractivity (Wildman–Crippen MR) is 112 cm³/mol. The summed E-state index contributed by atoms with van der Waals surface area (Å²) in [6.45, 7) is 2.08. The van der Waals surface area contributed by atoms with Gasteiger partial charge in [-0.2, -0.15) is 0 Å². The van der Waals surface area contributed by atoms with Gasteiger partial charge in [-0.3, -0.25) is 9.97 Å². The minimum Gasteiger partial charge on any atom is -0.507 e. The van der Waals surface area contributed by atoms with Crippen molar-refractivity contribution < 1.29 is 26.2 Å². The number of aromatic hydroxyl groups is 1. The fourth-order valence-electron chi connectivity index (χ4n) is 2.49. The van der Waals surface area contributed by atoms with Crippen LogP contribution in [0.5, 0.6) is 5.75 Å². The molecule has 0 fully saturated rings. The van der Waals surface area contributed by atoms with E-state index >= 15 is 0 Å². The molecule has 0 aliphatic heterocycles. The second-order valence-corrected chi connectivity index (χ2v) is 6.72. The van der Waals surface area contributed by atoms with Crippen LogP contribution in [0.2, 0.25) is 0 Å². The van der Waals surface area contributed by atoms with Gasteiger partial charge < -0.3 is 5.11 Å². The molecule has 0 aliphatic carbocycles. The Bertz CT molecular complexity index is 932. The number of halogens is 1. The van der Waals surface area contributed by atoms with Gasteiger partial charge >= 0.3 is 0 Å². The Morgan fingerprint density at radius 1 is 0.786 bits per heavy atom. The van der Waals surface area contributed by atoms with Crippen LogP contribution in [0.3, 0.4) is 0 Å². The van der Waals surface area contributed by atoms with Crippen molar-refractivity contribution in [2.24, 2.45) is 0 Å². The number of para-hydroxylation sites is 1. The van der Waals surface area contributed by atoms with Crippen molar-refractivity contribution in [3.63, 3.8) is 0 Å². The van der Waals surface area contributed by atoms with E-state index in [1.54, 1.807) is 30.6 Å². The molecule has 2 aromatic carbocycles. The van der Waals surface area contributed by atoms with Gasteiger partial charge in [0, 0.05) is 44.8 Å². The molecule has 0 aliphatic rings. The van der Waals surface area contributed by atoms with Gasteiger partial charge in [0.15, 0.2) is 0 Å². The van der Waals surface area contributed by atoms with Crippen molar-refractivity contribution in [3.8, 4) is 28.3 Å². The molecule has 0 atom stereocenters. The van der Waals surface area contributed by atoms with E-state index in [4.69, 9.17) is 5.11 Å². The molecule has 0 bridgehead atoms. The van der Waals surface area contributed by atoms with Gasteiger partial charge in [-0.15, -0.1) is 23.8 Å². The topological polar surface area (TPSA) is 46.0 Å². The van der Waals surface area contributed by atoms with E-state index in [-0.39, 0.29) is 26.8 Å². The van der Waals surface area contributed by atoms with Crippen LogP contribution in [0.15, 0.2) is 89.7 Å². The smallest absolute Gasteiger partial charge is 0.129 e. The number of phenolic OH excluding ortho intramolecular Hbond substituents is 1. The van der Waals surface area contributed by atoms with Gasteiger partial charge in [0.25, 0.3) is 0 Å². The van der Waals surface area contributed by atoms with E-state index in [0.717, 1.165) is 27.0 Å². The molecule has 144 valence electrons. The SMILES string of the molecule is Cc1cc(-c2ccccn2)[c-]c(-c2ccccn2)c1.Oc1ccccc1Br.[Pt]. The number of nitrogens with zero attached hydrogens (tertiary/aromatic N) is 2. The van der Waals surface area contributed by atoms with E-state index in [1.165, 1.54) is 5.56 Å². The first-order chi connectivity index (χ1) is 13.1. The Labute approximate surface area is 187 Å². The van der Waals surface area contributed by atoms with Gasteiger partial charge in [0.05, 0.1) is 4.47 Å². The fraction of sp³-hybridized carbons (Fsp3) is 0.0435. The van der Waals surface area contributed by atoms with Gasteiger partial charge in [-0.05, 0) is 40.2 Å². The molecule has 0 spiro atoms. The second kappa shape index (κ2) is 10.9. The number of benzene rings is 2. The van der Waals surface area contributed by atoms with Crippen LogP contribution in [0.4, 0.5) is 0 Å². The summed E-state index contributed by atoms with van der Waals surface area (Å²) in [4.78, 5) is 8.75. The molecule has 0 unspecified atom stereocenters. The number of hydrogen-bond donors (Lipinski definition) is 1. The zero-order valence-electron chi connectivity index (χ0n) is 15.1. The van der Waals surface area contributed by atoms with Crippen LogP contribution >= 0.6 is 15.9 Å². The number of aryl methyl sites for hydroxylation is 1. The maximum Gasteiger partial charge on any atom is 0.129 e. The molecule has 28 heavy (non-hydrogen) atoms. The third-order valence-electron chi connectivity index (χ3n) is 3.75. The number of rotatable bonds is 2. The summed E-state index contributed by atoms with van der Waals surface area (Å²) in [5.74, 6) is 0.285. The Balaban J connectivity index is 0.000000264. The third-order valence-corrected chi connectivity index (χ3v) is 4.42. The largest absolute Gasteiger partial charge is 0.507 e. The van der Waals surface area contributed by atoms with Crippen LogP contribution in [0.25, 0.3) is 22.5 Å². The Morgan fingerprint density at radius 3 is 1.68 bits per heavy atom. The molecular weight excluding hydrogens is 595 g/mol. The number of phenols is 1. The van der Waals surface area contributed by atoms with E-state index < -0.39 is 0 Å². The molecule has 2 heterocycles. The molecule has 0 saturated heterocycles. The summed E-state index contributed by atoms with van der Waals surface area (Å²) in [5, 5.41) is 8.87. The summed E-state index contributed by atoms with van der Waals surface area (Å²) >= 11 is 3.15. The van der Waals surface area contributed by atoms with Crippen LogP contribution < -0.4 is 0 Å². The van der Waals surface area contributed by atoms with Crippen molar-refractivity contribution in [1.82, 2.24) is 9.97 Å². The fourth-order valence-corrected chi connectivity index (χ4v) is 2.77. The van der Waals surface area contributed by atoms with Gasteiger partial charge in [-0.25, -0.2) is 0 Å². The van der Waals surface area contributed by atoms with Crippen LogP contribution in [-0.2, 0) is 21.1 Å². The van der Waals surface area contributed by atoms with E-state index in [9.17, 15) is 0 Å². The molecule has 0 amide bonds. The Kier molecular flexibility index (Phi) is 8.56. The minimum absolute atomic E-state index is 0. The van der Waals surface area contributed by atoms with Crippen LogP contribution in [-0.4, -0.2) is 15.1 Å². The summed E-state index contributed by atoms with van der Waals surface area (Å²) in [6, 6.07) is 26.4. The zero-order valence-corrected chi connectivity index (χ0v) is 19.0. The third kappa shape index (κ3) is 6.12. The number of pyridine rings is 2.